The van der Waals surface area contributed by atoms with Crippen molar-refractivity contribution in [3.05, 3.63) is 64.2 Å². The summed E-state index contributed by atoms with van der Waals surface area (Å²) in [6, 6.07) is 5.52. The van der Waals surface area contributed by atoms with Crippen LogP contribution in [0.3, 0.4) is 0 Å². The van der Waals surface area contributed by atoms with Gasteiger partial charge in [-0.2, -0.15) is 0 Å². The number of alkyl halides is 1. The third kappa shape index (κ3) is 5.04. The van der Waals surface area contributed by atoms with Crippen molar-refractivity contribution in [1.82, 2.24) is 9.88 Å². The molecule has 0 aliphatic carbocycles. The molecule has 27 heavy (non-hydrogen) atoms. The summed E-state index contributed by atoms with van der Waals surface area (Å²) in [6.45, 7) is -6.27. The minimum atomic E-state index is -3.33. The fourth-order valence-corrected chi connectivity index (χ4v) is 2.72. The Labute approximate surface area is 176 Å². The van der Waals surface area contributed by atoms with Crippen molar-refractivity contribution in [3.63, 3.8) is 0 Å². The van der Waals surface area contributed by atoms with Crippen molar-refractivity contribution in [1.29, 1.82) is 0 Å². The molecule has 0 bridgehead atoms. The summed E-state index contributed by atoms with van der Waals surface area (Å²) >= 11 is 5.69. The molecule has 1 aromatic carbocycles. The van der Waals surface area contributed by atoms with Gasteiger partial charge < -0.3 is 4.90 Å². The molecule has 0 N–H and O–H groups in total. The Balaban J connectivity index is 1.83. The van der Waals surface area contributed by atoms with Gasteiger partial charge in [-0.3, -0.25) is 9.78 Å². The molecule has 1 atom stereocenters. The van der Waals surface area contributed by atoms with Crippen molar-refractivity contribution < 1.29 is 25.9 Å². The van der Waals surface area contributed by atoms with Gasteiger partial charge in [0.1, 0.15) is 11.5 Å². The number of nitrogens with zero attached hydrogens (tertiary/aromatic N) is 2. The molecular weight excluding hydrogens is 370 g/mol. The molecule has 2 aromatic rings. The molecule has 1 amide bonds. The van der Waals surface area contributed by atoms with E-state index in [-0.39, 0.29) is 23.2 Å². The fraction of sp³-hybridized carbons (Fsp3) is 0.429. The van der Waals surface area contributed by atoms with Crippen LogP contribution in [-0.4, -0.2) is 34.5 Å². The SMILES string of the molecule is [2H]C([2H])([2H])c1ccc(CCC([2H])([2H])C2(F)CC([2H])([2H])N(C(=O)c3ccc(F)c(Cl)c3)CC2([2H])[2H])nc1. The van der Waals surface area contributed by atoms with Crippen molar-refractivity contribution in [2.24, 2.45) is 0 Å². The molecule has 1 aliphatic rings. The number of aromatic nitrogens is 1. The van der Waals surface area contributed by atoms with Crippen LogP contribution in [0, 0.1) is 12.7 Å². The molecule has 1 fully saturated rings. The van der Waals surface area contributed by atoms with Crippen molar-refractivity contribution >= 4 is 17.5 Å². The number of hydrogen-bond acceptors (Lipinski definition) is 2. The Morgan fingerprint density at radius 3 is 3.04 bits per heavy atom. The van der Waals surface area contributed by atoms with E-state index >= 15 is 4.39 Å². The third-order valence-corrected chi connectivity index (χ3v) is 4.34. The highest BCUT2D eigenvalue weighted by Gasteiger charge is 2.35. The van der Waals surface area contributed by atoms with E-state index in [4.69, 9.17) is 23.9 Å². The standard InChI is InChI=1S/C21H23ClF2N2O/c1-15-4-6-17(25-14-15)3-2-8-21(24)9-11-26(12-10-21)20(27)16-5-7-19(23)18(22)13-16/h4-7,13-14H,2-3,8-12H2,1H3/i1D3,8D2,9D2,12D2. The molecule has 6 heteroatoms. The molecule has 1 saturated heterocycles. The molecule has 1 aliphatic heterocycles. The second kappa shape index (κ2) is 8.34. The summed E-state index contributed by atoms with van der Waals surface area (Å²) in [4.78, 5) is 17.3. The minimum Gasteiger partial charge on any atom is -0.338 e. The zero-order chi connectivity index (χ0) is 27.3. The predicted molar refractivity (Wildman–Crippen MR) is 102 cm³/mol. The fourth-order valence-electron chi connectivity index (χ4n) is 2.54. The van der Waals surface area contributed by atoms with Gasteiger partial charge in [-0.1, -0.05) is 17.7 Å². The zero-order valence-electron chi connectivity index (χ0n) is 23.2. The van der Waals surface area contributed by atoms with Crippen LogP contribution in [0.4, 0.5) is 8.78 Å². The number of piperidine rings is 1. The Morgan fingerprint density at radius 2 is 2.33 bits per heavy atom. The number of amides is 1. The number of carbonyl (C=O) groups is 1. The van der Waals surface area contributed by atoms with E-state index in [2.05, 4.69) is 4.98 Å². The van der Waals surface area contributed by atoms with Gasteiger partial charge in [-0.05, 0) is 68.7 Å². The van der Waals surface area contributed by atoms with Crippen LogP contribution in [0.25, 0.3) is 0 Å². The van der Waals surface area contributed by atoms with E-state index in [0.29, 0.717) is 4.90 Å². The van der Waals surface area contributed by atoms with Crippen molar-refractivity contribution in [2.75, 3.05) is 13.0 Å². The number of hydrogen-bond donors (Lipinski definition) is 0. The molecule has 0 radical (unpaired) electrons. The maximum Gasteiger partial charge on any atom is 0.253 e. The first-order valence-corrected chi connectivity index (χ1v) is 8.60. The highest BCUT2D eigenvalue weighted by molar-refractivity contribution is 6.31. The maximum absolute atomic E-state index is 16.2. The van der Waals surface area contributed by atoms with Gasteiger partial charge in [0, 0.05) is 42.8 Å². The number of carbonyl (C=O) groups excluding carboxylic acids is 1. The Bertz CT molecular complexity index is 1150. The molecule has 2 heterocycles. The van der Waals surface area contributed by atoms with Gasteiger partial charge >= 0.3 is 0 Å². The van der Waals surface area contributed by atoms with Crippen LogP contribution in [0.2, 0.25) is 5.02 Å². The van der Waals surface area contributed by atoms with E-state index in [1.54, 1.807) is 0 Å². The average Bonchev–Trinajstić information content (AvgIpc) is 2.76. The van der Waals surface area contributed by atoms with E-state index in [0.717, 1.165) is 24.4 Å². The average molecular weight is 402 g/mol. The van der Waals surface area contributed by atoms with E-state index < -0.39 is 67.9 Å². The predicted octanol–water partition coefficient (Wildman–Crippen LogP) is 5.15. The number of rotatable bonds is 5. The topological polar surface area (TPSA) is 33.2 Å². The summed E-state index contributed by atoms with van der Waals surface area (Å²) in [7, 11) is 0. The van der Waals surface area contributed by atoms with Gasteiger partial charge in [0.25, 0.3) is 5.91 Å². The summed E-state index contributed by atoms with van der Waals surface area (Å²) < 4.78 is 102. The normalized spacial score (nSPS) is 29.6. The zero-order valence-corrected chi connectivity index (χ0v) is 15.0. The number of benzene rings is 1. The lowest BCUT2D eigenvalue weighted by Crippen LogP contribution is -2.44. The van der Waals surface area contributed by atoms with E-state index in [1.807, 2.05) is 0 Å². The van der Waals surface area contributed by atoms with Gasteiger partial charge in [0.05, 0.1) is 5.02 Å². The van der Waals surface area contributed by atoms with E-state index in [1.165, 1.54) is 12.1 Å². The van der Waals surface area contributed by atoms with Crippen LogP contribution < -0.4 is 0 Å². The first kappa shape index (κ1) is 11.1. The van der Waals surface area contributed by atoms with Crippen molar-refractivity contribution in [2.45, 2.75) is 44.5 Å². The molecule has 144 valence electrons. The molecular formula is C21H23ClF2N2O. The Hall–Kier alpha value is -2.01. The van der Waals surface area contributed by atoms with Crippen LogP contribution in [0.1, 0.15) is 59.5 Å². The lowest BCUT2D eigenvalue weighted by Gasteiger charge is -2.36. The van der Waals surface area contributed by atoms with Crippen LogP contribution in [0.5, 0.6) is 0 Å². The largest absolute Gasteiger partial charge is 0.338 e. The smallest absolute Gasteiger partial charge is 0.253 e. The minimum absolute atomic E-state index is 0.0276. The second-order valence-electron chi connectivity index (χ2n) is 6.05. The summed E-state index contributed by atoms with van der Waals surface area (Å²) in [5.41, 5.74) is -3.35. The first-order valence-electron chi connectivity index (χ1n) is 12.7. The Morgan fingerprint density at radius 1 is 1.48 bits per heavy atom. The van der Waals surface area contributed by atoms with Gasteiger partial charge in [-0.25, -0.2) is 8.78 Å². The second-order valence-corrected chi connectivity index (χ2v) is 6.46. The molecule has 3 rings (SSSR count). The lowest BCUT2D eigenvalue weighted by molar-refractivity contribution is 0.0389. The Kier molecular flexibility index (Phi) is 3.43. The number of pyridine rings is 1. The molecule has 1 aromatic heterocycles. The number of halogens is 3. The summed E-state index contributed by atoms with van der Waals surface area (Å²) in [5, 5.41) is -0.405. The molecule has 0 saturated carbocycles. The molecule has 0 spiro atoms. The van der Waals surface area contributed by atoms with Gasteiger partial charge in [0.15, 0.2) is 0 Å². The van der Waals surface area contributed by atoms with Crippen LogP contribution in [-0.2, 0) is 6.42 Å². The summed E-state index contributed by atoms with van der Waals surface area (Å²) in [5.74, 6) is -1.87. The quantitative estimate of drug-likeness (QED) is 0.694. The third-order valence-electron chi connectivity index (χ3n) is 4.05. The highest BCUT2D eigenvalue weighted by Crippen LogP contribution is 2.32. The number of likely N-dealkylation sites (tertiary alicyclic amines) is 1. The monoisotopic (exact) mass is 401 g/mol. The molecule has 3 nitrogen and oxygen atoms in total. The highest BCUT2D eigenvalue weighted by atomic mass is 35.5. The van der Waals surface area contributed by atoms with Gasteiger partial charge in [-0.15, -0.1) is 0 Å². The number of aryl methyl sites for hydroxylation is 2. The van der Waals surface area contributed by atoms with Crippen molar-refractivity contribution in [3.8, 4) is 0 Å². The van der Waals surface area contributed by atoms with Crippen LogP contribution >= 0.6 is 11.6 Å². The maximum atomic E-state index is 16.2. The van der Waals surface area contributed by atoms with Crippen LogP contribution in [0.15, 0.2) is 36.5 Å². The lowest BCUT2D eigenvalue weighted by atomic mass is 9.87. The summed E-state index contributed by atoms with van der Waals surface area (Å²) in [6.07, 6.45) is -6.84. The first-order chi connectivity index (χ1) is 16.3. The van der Waals surface area contributed by atoms with Gasteiger partial charge in [0.2, 0.25) is 0 Å². The van der Waals surface area contributed by atoms with E-state index in [9.17, 15) is 9.18 Å². The molecule has 1 unspecified atom stereocenters.